The van der Waals surface area contributed by atoms with Gasteiger partial charge in [0.2, 0.25) is 0 Å². The zero-order chi connectivity index (χ0) is 9.56. The molecule has 70 valence electrons. The van der Waals surface area contributed by atoms with Gasteiger partial charge in [0.15, 0.2) is 0 Å². The SMILES string of the molecule is C/C=C(/OC)C(C)CC(=O)OC. The molecule has 0 saturated carbocycles. The molecule has 3 nitrogen and oxygen atoms in total. The molecule has 0 aromatic carbocycles. The zero-order valence-electron chi connectivity index (χ0n) is 8.09. The molecule has 1 unspecified atom stereocenters. The Morgan fingerprint density at radius 2 is 2.00 bits per heavy atom. The monoisotopic (exact) mass is 172 g/mol. The second kappa shape index (κ2) is 5.63. The van der Waals surface area contributed by atoms with Crippen molar-refractivity contribution < 1.29 is 14.3 Å². The smallest absolute Gasteiger partial charge is 0.306 e. The molecule has 0 fully saturated rings. The molecule has 0 saturated heterocycles. The number of rotatable bonds is 4. The minimum Gasteiger partial charge on any atom is -0.501 e. The van der Waals surface area contributed by atoms with Crippen LogP contribution in [0.3, 0.4) is 0 Å². The standard InChI is InChI=1S/C9H16O3/c1-5-8(11-3)7(2)6-9(10)12-4/h5,7H,6H2,1-4H3/b8-5+. The molecule has 3 heteroatoms. The number of carbonyl (C=O) groups is 1. The van der Waals surface area contributed by atoms with Crippen molar-refractivity contribution in [2.24, 2.45) is 5.92 Å². The van der Waals surface area contributed by atoms with Crippen LogP contribution in [0.15, 0.2) is 11.8 Å². The lowest BCUT2D eigenvalue weighted by Gasteiger charge is -2.12. The van der Waals surface area contributed by atoms with Crippen molar-refractivity contribution in [3.05, 3.63) is 11.8 Å². The third kappa shape index (κ3) is 3.42. The van der Waals surface area contributed by atoms with Crippen LogP contribution >= 0.6 is 0 Å². The second-order valence-electron chi connectivity index (χ2n) is 2.58. The highest BCUT2D eigenvalue weighted by Gasteiger charge is 2.13. The average molecular weight is 172 g/mol. The van der Waals surface area contributed by atoms with Gasteiger partial charge in [0.1, 0.15) is 0 Å². The summed E-state index contributed by atoms with van der Waals surface area (Å²) in [6.07, 6.45) is 2.22. The van der Waals surface area contributed by atoms with Crippen LogP contribution in [-0.2, 0) is 14.3 Å². The number of hydrogen-bond donors (Lipinski definition) is 0. The Labute approximate surface area is 73.4 Å². The first-order valence-electron chi connectivity index (χ1n) is 3.92. The van der Waals surface area contributed by atoms with Crippen LogP contribution in [0.2, 0.25) is 0 Å². The summed E-state index contributed by atoms with van der Waals surface area (Å²) in [6, 6.07) is 0. The lowest BCUT2D eigenvalue weighted by atomic mass is 10.1. The van der Waals surface area contributed by atoms with Gasteiger partial charge >= 0.3 is 5.97 Å². The fraction of sp³-hybridized carbons (Fsp3) is 0.667. The zero-order valence-corrected chi connectivity index (χ0v) is 8.09. The van der Waals surface area contributed by atoms with Crippen molar-refractivity contribution >= 4 is 5.97 Å². The van der Waals surface area contributed by atoms with Crippen molar-refractivity contribution in [3.8, 4) is 0 Å². The Morgan fingerprint density at radius 1 is 1.42 bits per heavy atom. The molecule has 0 aromatic heterocycles. The van der Waals surface area contributed by atoms with Gasteiger partial charge in [-0.3, -0.25) is 4.79 Å². The molecule has 0 bridgehead atoms. The number of hydrogen-bond acceptors (Lipinski definition) is 3. The summed E-state index contributed by atoms with van der Waals surface area (Å²) in [5.74, 6) is 0.701. The van der Waals surface area contributed by atoms with Crippen molar-refractivity contribution in [3.63, 3.8) is 0 Å². The highest BCUT2D eigenvalue weighted by atomic mass is 16.5. The average Bonchev–Trinajstić information content (AvgIpc) is 2.06. The van der Waals surface area contributed by atoms with Crippen LogP contribution in [-0.4, -0.2) is 20.2 Å². The fourth-order valence-corrected chi connectivity index (χ4v) is 1.04. The van der Waals surface area contributed by atoms with Crippen molar-refractivity contribution in [1.82, 2.24) is 0 Å². The Morgan fingerprint density at radius 3 is 2.33 bits per heavy atom. The Balaban J connectivity index is 4.02. The predicted octanol–water partition coefficient (Wildman–Crippen LogP) is 1.74. The maximum absolute atomic E-state index is 10.9. The van der Waals surface area contributed by atoms with Crippen LogP contribution in [0, 0.1) is 5.92 Å². The van der Waals surface area contributed by atoms with E-state index < -0.39 is 0 Å². The topological polar surface area (TPSA) is 35.5 Å². The Kier molecular flexibility index (Phi) is 5.17. The first kappa shape index (κ1) is 11.0. The van der Waals surface area contributed by atoms with Crippen LogP contribution in [0.25, 0.3) is 0 Å². The quantitative estimate of drug-likeness (QED) is 0.478. The summed E-state index contributed by atoms with van der Waals surface area (Å²) < 4.78 is 9.60. The fourth-order valence-electron chi connectivity index (χ4n) is 1.04. The van der Waals surface area contributed by atoms with Gasteiger partial charge < -0.3 is 9.47 Å². The molecular formula is C9H16O3. The van der Waals surface area contributed by atoms with E-state index in [1.807, 2.05) is 19.9 Å². The number of esters is 1. The van der Waals surface area contributed by atoms with Crippen LogP contribution in [0.1, 0.15) is 20.3 Å². The summed E-state index contributed by atoms with van der Waals surface area (Å²) in [5, 5.41) is 0. The lowest BCUT2D eigenvalue weighted by Crippen LogP contribution is -2.10. The molecule has 0 rings (SSSR count). The van der Waals surface area contributed by atoms with Gasteiger partial charge in [-0.2, -0.15) is 0 Å². The molecule has 0 N–H and O–H groups in total. The van der Waals surface area contributed by atoms with Crippen LogP contribution in [0.5, 0.6) is 0 Å². The first-order valence-corrected chi connectivity index (χ1v) is 3.92. The third-order valence-electron chi connectivity index (χ3n) is 1.71. The van der Waals surface area contributed by atoms with Crippen molar-refractivity contribution in [2.45, 2.75) is 20.3 Å². The molecule has 0 radical (unpaired) electrons. The molecule has 0 spiro atoms. The summed E-state index contributed by atoms with van der Waals surface area (Å²) in [4.78, 5) is 10.9. The van der Waals surface area contributed by atoms with Crippen molar-refractivity contribution in [2.75, 3.05) is 14.2 Å². The van der Waals surface area contributed by atoms with E-state index in [0.29, 0.717) is 6.42 Å². The van der Waals surface area contributed by atoms with Crippen molar-refractivity contribution in [1.29, 1.82) is 0 Å². The van der Waals surface area contributed by atoms with Gasteiger partial charge in [0, 0.05) is 5.92 Å². The minimum absolute atomic E-state index is 0.0902. The normalized spacial score (nSPS) is 13.8. The van der Waals surface area contributed by atoms with E-state index in [0.717, 1.165) is 5.76 Å². The highest BCUT2D eigenvalue weighted by molar-refractivity contribution is 5.69. The van der Waals surface area contributed by atoms with Gasteiger partial charge in [-0.25, -0.2) is 0 Å². The van der Waals surface area contributed by atoms with E-state index in [2.05, 4.69) is 4.74 Å². The molecule has 0 aliphatic carbocycles. The van der Waals surface area contributed by atoms with Gasteiger partial charge in [0.05, 0.1) is 26.4 Å². The van der Waals surface area contributed by atoms with Crippen LogP contribution < -0.4 is 0 Å². The van der Waals surface area contributed by atoms with Gasteiger partial charge in [0.25, 0.3) is 0 Å². The molecule has 0 aliphatic heterocycles. The minimum atomic E-state index is -0.209. The van der Waals surface area contributed by atoms with E-state index >= 15 is 0 Å². The van der Waals surface area contributed by atoms with E-state index in [9.17, 15) is 4.79 Å². The number of ether oxygens (including phenoxy) is 2. The highest BCUT2D eigenvalue weighted by Crippen LogP contribution is 2.15. The third-order valence-corrected chi connectivity index (χ3v) is 1.71. The van der Waals surface area contributed by atoms with Gasteiger partial charge in [-0.05, 0) is 13.0 Å². The largest absolute Gasteiger partial charge is 0.501 e. The van der Waals surface area contributed by atoms with E-state index in [1.54, 1.807) is 7.11 Å². The maximum Gasteiger partial charge on any atom is 0.306 e. The maximum atomic E-state index is 10.9. The lowest BCUT2D eigenvalue weighted by molar-refractivity contribution is -0.141. The van der Waals surface area contributed by atoms with E-state index in [4.69, 9.17) is 4.74 Å². The van der Waals surface area contributed by atoms with E-state index in [-0.39, 0.29) is 11.9 Å². The summed E-state index contributed by atoms with van der Waals surface area (Å²) in [6.45, 7) is 3.81. The molecule has 12 heavy (non-hydrogen) atoms. The second-order valence-corrected chi connectivity index (χ2v) is 2.58. The molecular weight excluding hydrogens is 156 g/mol. The molecule has 1 atom stereocenters. The van der Waals surface area contributed by atoms with Crippen LogP contribution in [0.4, 0.5) is 0 Å². The summed E-state index contributed by atoms with van der Waals surface area (Å²) >= 11 is 0. The molecule has 0 amide bonds. The van der Waals surface area contributed by atoms with E-state index in [1.165, 1.54) is 7.11 Å². The molecule has 0 heterocycles. The van der Waals surface area contributed by atoms with Gasteiger partial charge in [-0.15, -0.1) is 0 Å². The predicted molar refractivity (Wildman–Crippen MR) is 46.6 cm³/mol. The first-order chi connectivity index (χ1) is 5.65. The van der Waals surface area contributed by atoms with Gasteiger partial charge in [-0.1, -0.05) is 6.92 Å². The molecule has 0 aromatic rings. The Hall–Kier alpha value is -0.990. The molecule has 0 aliphatic rings. The summed E-state index contributed by atoms with van der Waals surface area (Å²) in [7, 11) is 2.99. The number of allylic oxidation sites excluding steroid dienone is 2. The number of methoxy groups -OCH3 is 2. The Bertz CT molecular complexity index is 173. The number of carbonyl (C=O) groups excluding carboxylic acids is 1. The summed E-state index contributed by atoms with van der Waals surface area (Å²) in [5.41, 5.74) is 0.